The number of fused-ring (bicyclic) bond motifs is 8. The molecule has 0 aliphatic carbocycles. The van der Waals surface area contributed by atoms with Crippen molar-refractivity contribution in [2.24, 2.45) is 0 Å². The molecule has 0 saturated heterocycles. The molecule has 0 radical (unpaired) electrons. The van der Waals surface area contributed by atoms with Gasteiger partial charge >= 0.3 is 21.1 Å². The third-order valence-electron chi connectivity index (χ3n) is 8.03. The molecule has 8 rings (SSSR count). The molecule has 8 aromatic rings. The van der Waals surface area contributed by atoms with Crippen molar-refractivity contribution in [2.45, 2.75) is 19.3 Å². The second-order valence-electron chi connectivity index (χ2n) is 10.9. The summed E-state index contributed by atoms with van der Waals surface area (Å²) < 4.78 is 2.19. The Bertz CT molecular complexity index is 2270. The first-order valence-corrected chi connectivity index (χ1v) is 13.9. The van der Waals surface area contributed by atoms with Gasteiger partial charge in [-0.3, -0.25) is 4.98 Å². The zero-order valence-electron chi connectivity index (χ0n) is 23.4. The van der Waals surface area contributed by atoms with Gasteiger partial charge in [0.15, 0.2) is 0 Å². The number of benzene rings is 3. The van der Waals surface area contributed by atoms with E-state index in [0.717, 1.165) is 72.3 Å². The fourth-order valence-corrected chi connectivity index (χ4v) is 5.70. The van der Waals surface area contributed by atoms with E-state index in [-0.39, 0.29) is 21.1 Å². The molecule has 0 aliphatic heterocycles. The van der Waals surface area contributed by atoms with Gasteiger partial charge < -0.3 is 9.38 Å². The van der Waals surface area contributed by atoms with Crippen LogP contribution in [0.4, 0.5) is 0 Å². The van der Waals surface area contributed by atoms with Crippen molar-refractivity contribution >= 4 is 38.5 Å². The van der Waals surface area contributed by atoms with E-state index in [9.17, 15) is 0 Å². The van der Waals surface area contributed by atoms with E-state index < -0.39 is 5.41 Å². The maximum atomic E-state index is 5.27. The Morgan fingerprint density at radius 2 is 1.49 bits per heavy atom. The molecular formula is C36H24N6Pt. The van der Waals surface area contributed by atoms with Crippen LogP contribution in [0.15, 0.2) is 109 Å². The average molecular weight is 736 g/mol. The monoisotopic (exact) mass is 735 g/mol. The van der Waals surface area contributed by atoms with Crippen molar-refractivity contribution in [2.75, 3.05) is 0 Å². The first kappa shape index (κ1) is 27.1. The van der Waals surface area contributed by atoms with Crippen molar-refractivity contribution < 1.29 is 21.1 Å². The SMILES string of the molecule is CC(C)(c1[c-]c(-c2ccc(-c3ccccc3)nn2)ccc1)c1ccc2c(n1)c1[c-]nccc1c1nc3ccccc3n21.[Pt+2]. The average Bonchev–Trinajstić information content (AvgIpc) is 3.45. The van der Waals surface area contributed by atoms with Crippen LogP contribution < -0.4 is 0 Å². The zero-order chi connectivity index (χ0) is 28.3. The van der Waals surface area contributed by atoms with E-state index in [4.69, 9.17) is 9.97 Å². The molecule has 0 atom stereocenters. The summed E-state index contributed by atoms with van der Waals surface area (Å²) in [4.78, 5) is 14.5. The van der Waals surface area contributed by atoms with Crippen molar-refractivity contribution in [3.8, 4) is 22.5 Å². The third-order valence-corrected chi connectivity index (χ3v) is 8.03. The third kappa shape index (κ3) is 4.41. The first-order chi connectivity index (χ1) is 20.6. The van der Waals surface area contributed by atoms with Crippen LogP contribution in [0.5, 0.6) is 0 Å². The van der Waals surface area contributed by atoms with Crippen LogP contribution in [0.1, 0.15) is 25.1 Å². The van der Waals surface area contributed by atoms with Gasteiger partial charge in [-0.05, 0) is 36.5 Å². The van der Waals surface area contributed by atoms with Gasteiger partial charge in [0, 0.05) is 33.4 Å². The summed E-state index contributed by atoms with van der Waals surface area (Å²) in [6.45, 7) is 4.35. The van der Waals surface area contributed by atoms with Gasteiger partial charge in [-0.2, -0.15) is 5.10 Å². The van der Waals surface area contributed by atoms with Gasteiger partial charge in [0.25, 0.3) is 0 Å². The molecule has 43 heavy (non-hydrogen) atoms. The number of rotatable bonds is 4. The molecule has 208 valence electrons. The molecule has 7 heteroatoms. The fourth-order valence-electron chi connectivity index (χ4n) is 5.70. The van der Waals surface area contributed by atoms with E-state index in [0.29, 0.717) is 0 Å². The smallest absolute Gasteiger partial charge is 0.360 e. The summed E-state index contributed by atoms with van der Waals surface area (Å²) in [7, 11) is 0. The number of imidazole rings is 1. The first-order valence-electron chi connectivity index (χ1n) is 13.9. The molecule has 5 heterocycles. The van der Waals surface area contributed by atoms with Gasteiger partial charge in [0.05, 0.1) is 16.7 Å². The number of nitrogens with zero attached hydrogens (tertiary/aromatic N) is 6. The molecule has 0 aliphatic rings. The Balaban J connectivity index is 0.00000300. The van der Waals surface area contributed by atoms with Crippen molar-refractivity contribution in [1.29, 1.82) is 0 Å². The van der Waals surface area contributed by atoms with Crippen LogP contribution in [0.3, 0.4) is 0 Å². The van der Waals surface area contributed by atoms with Gasteiger partial charge in [-0.1, -0.05) is 79.3 Å². The molecule has 0 N–H and O–H groups in total. The molecule has 0 fully saturated rings. The fraction of sp³-hybridized carbons (Fsp3) is 0.0833. The van der Waals surface area contributed by atoms with E-state index in [1.165, 1.54) is 0 Å². The maximum Gasteiger partial charge on any atom is 2.00 e. The molecule has 0 saturated carbocycles. The van der Waals surface area contributed by atoms with Crippen LogP contribution in [-0.4, -0.2) is 29.5 Å². The van der Waals surface area contributed by atoms with Crippen LogP contribution in [0.2, 0.25) is 0 Å². The normalized spacial score (nSPS) is 11.8. The van der Waals surface area contributed by atoms with E-state index >= 15 is 0 Å². The summed E-state index contributed by atoms with van der Waals surface area (Å²) in [5, 5.41) is 10.8. The van der Waals surface area contributed by atoms with Crippen molar-refractivity contribution in [3.05, 3.63) is 133 Å². The van der Waals surface area contributed by atoms with Crippen molar-refractivity contribution in [1.82, 2.24) is 29.5 Å². The molecule has 0 amide bonds. The van der Waals surface area contributed by atoms with Crippen LogP contribution in [0.25, 0.3) is 61.0 Å². The quantitative estimate of drug-likeness (QED) is 0.137. The molecule has 0 unspecified atom stereocenters. The van der Waals surface area contributed by atoms with Crippen LogP contribution in [0, 0.1) is 12.3 Å². The largest absolute Gasteiger partial charge is 2.00 e. The number of para-hydroxylation sites is 2. The molecular weight excluding hydrogens is 712 g/mol. The molecule has 6 nitrogen and oxygen atoms in total. The predicted octanol–water partition coefficient (Wildman–Crippen LogP) is 7.63. The van der Waals surface area contributed by atoms with E-state index in [1.54, 1.807) is 6.20 Å². The second kappa shape index (κ2) is 10.5. The molecule has 0 bridgehead atoms. The Labute approximate surface area is 262 Å². The van der Waals surface area contributed by atoms with E-state index in [1.807, 2.05) is 78.9 Å². The molecule has 0 spiro atoms. The van der Waals surface area contributed by atoms with E-state index in [2.05, 4.69) is 70.0 Å². The summed E-state index contributed by atoms with van der Waals surface area (Å²) >= 11 is 0. The van der Waals surface area contributed by atoms with Crippen LogP contribution >= 0.6 is 0 Å². The minimum absolute atomic E-state index is 0. The zero-order valence-corrected chi connectivity index (χ0v) is 25.7. The van der Waals surface area contributed by atoms with Crippen LogP contribution in [-0.2, 0) is 26.5 Å². The number of aromatic nitrogens is 6. The standard InChI is InChI=1S/C36H24N6.Pt/c1-36(2,25-12-8-11-24(21-25)29-16-15-28(40-41-29)23-9-4-3-5-10-23)33-18-17-32-34(39-33)27-22-37-20-19-26(27)35-38-30-13-6-7-14-31(30)42(32)35;/h3-20H,1-2H3;/q-2;+2. The Morgan fingerprint density at radius 3 is 2.33 bits per heavy atom. The molecule has 5 aromatic heterocycles. The predicted molar refractivity (Wildman–Crippen MR) is 166 cm³/mol. The maximum absolute atomic E-state index is 5.27. The second-order valence-corrected chi connectivity index (χ2v) is 10.9. The summed E-state index contributed by atoms with van der Waals surface area (Å²) in [5.41, 5.74) is 9.74. The van der Waals surface area contributed by atoms with Crippen molar-refractivity contribution in [3.63, 3.8) is 0 Å². The Hall–Kier alpha value is -4.80. The minimum atomic E-state index is -0.442. The number of pyridine rings is 3. The topological polar surface area (TPSA) is 68.9 Å². The Morgan fingerprint density at radius 1 is 0.698 bits per heavy atom. The van der Waals surface area contributed by atoms with Gasteiger partial charge in [-0.25, -0.2) is 10.1 Å². The molecule has 3 aromatic carbocycles. The summed E-state index contributed by atoms with van der Waals surface area (Å²) in [6, 6.07) is 38.3. The van der Waals surface area contributed by atoms with Gasteiger partial charge in [-0.15, -0.1) is 41.5 Å². The minimum Gasteiger partial charge on any atom is -0.360 e. The Kier molecular flexibility index (Phi) is 6.59. The summed E-state index contributed by atoms with van der Waals surface area (Å²) in [5.74, 6) is 0. The van der Waals surface area contributed by atoms with Gasteiger partial charge in [0.2, 0.25) is 0 Å². The number of hydrogen-bond acceptors (Lipinski definition) is 5. The summed E-state index contributed by atoms with van der Waals surface area (Å²) in [6.07, 6.45) is 4.97. The van der Waals surface area contributed by atoms with Gasteiger partial charge in [0.1, 0.15) is 5.65 Å². The number of hydrogen-bond donors (Lipinski definition) is 0.